The van der Waals surface area contributed by atoms with Crippen LogP contribution in [0.4, 0.5) is 0 Å². The molecule has 0 aliphatic heterocycles. The van der Waals surface area contributed by atoms with Crippen molar-refractivity contribution in [1.82, 2.24) is 0 Å². The topological polar surface area (TPSA) is 63.3 Å². The van der Waals surface area contributed by atoms with E-state index in [1.807, 2.05) is 0 Å². The summed E-state index contributed by atoms with van der Waals surface area (Å²) in [6.45, 7) is 1.65. The highest BCUT2D eigenvalue weighted by Gasteiger charge is 2.26. The lowest BCUT2D eigenvalue weighted by Gasteiger charge is -2.17. The van der Waals surface area contributed by atoms with E-state index in [-0.39, 0.29) is 6.16 Å². The predicted octanol–water partition coefficient (Wildman–Crippen LogP) is 2.59. The predicted molar refractivity (Wildman–Crippen MR) is 58.7 cm³/mol. The van der Waals surface area contributed by atoms with Crippen molar-refractivity contribution in [1.29, 1.82) is 0 Å². The first-order valence-electron chi connectivity index (χ1n) is 4.30. The maximum atomic E-state index is 11.6. The largest absolute Gasteiger partial charge is 0.343 e. The molecule has 0 saturated carbocycles. The van der Waals surface area contributed by atoms with E-state index in [0.717, 1.165) is 0 Å². The van der Waals surface area contributed by atoms with Gasteiger partial charge in [-0.2, -0.15) is 0 Å². The van der Waals surface area contributed by atoms with Crippen molar-refractivity contribution >= 4 is 19.0 Å². The molecule has 5 heteroatoms. The molecular weight excluding hydrogens is 221 g/mol. The van der Waals surface area contributed by atoms with Crippen LogP contribution in [0.15, 0.2) is 24.3 Å². The van der Waals surface area contributed by atoms with Gasteiger partial charge in [-0.1, -0.05) is 30.7 Å². The second-order valence-electron chi connectivity index (χ2n) is 3.07. The minimum atomic E-state index is -3.27. The lowest BCUT2D eigenvalue weighted by molar-refractivity contribution is 0.466. The zero-order chi connectivity index (χ0) is 10.8. The standard InChI is InChI=1S/C9H13ClNO2P/c1-2-14(12,13)9(11)7-3-5-8(10)6-4-7/h3-6,9H,2,11H2,1H3,(H,12,13). The number of rotatable bonds is 3. The van der Waals surface area contributed by atoms with Crippen molar-refractivity contribution in [3.8, 4) is 0 Å². The van der Waals surface area contributed by atoms with E-state index < -0.39 is 13.2 Å². The number of nitrogens with two attached hydrogens (primary N) is 1. The molecule has 78 valence electrons. The van der Waals surface area contributed by atoms with Crippen molar-refractivity contribution in [2.24, 2.45) is 5.73 Å². The maximum Gasteiger partial charge on any atom is 0.220 e. The van der Waals surface area contributed by atoms with E-state index in [4.69, 9.17) is 17.3 Å². The van der Waals surface area contributed by atoms with Crippen LogP contribution in [0.25, 0.3) is 0 Å². The van der Waals surface area contributed by atoms with Gasteiger partial charge in [0.2, 0.25) is 7.37 Å². The van der Waals surface area contributed by atoms with Gasteiger partial charge in [-0.05, 0) is 17.7 Å². The molecule has 0 heterocycles. The monoisotopic (exact) mass is 233 g/mol. The number of hydrogen-bond donors (Lipinski definition) is 2. The Morgan fingerprint density at radius 1 is 1.50 bits per heavy atom. The van der Waals surface area contributed by atoms with Crippen LogP contribution in [0, 0.1) is 0 Å². The van der Waals surface area contributed by atoms with Crippen LogP contribution in [-0.2, 0) is 4.57 Å². The summed E-state index contributed by atoms with van der Waals surface area (Å²) >= 11 is 5.69. The van der Waals surface area contributed by atoms with Crippen molar-refractivity contribution < 1.29 is 9.46 Å². The molecular formula is C9H13ClNO2P. The first kappa shape index (κ1) is 11.7. The highest BCUT2D eigenvalue weighted by molar-refractivity contribution is 7.58. The molecule has 0 amide bonds. The first-order chi connectivity index (χ1) is 6.47. The van der Waals surface area contributed by atoms with E-state index in [1.54, 1.807) is 31.2 Å². The third kappa shape index (κ3) is 2.58. The molecule has 0 spiro atoms. The molecule has 0 aliphatic carbocycles. The van der Waals surface area contributed by atoms with Crippen molar-refractivity contribution in [2.75, 3.05) is 6.16 Å². The Kier molecular flexibility index (Phi) is 3.73. The lowest BCUT2D eigenvalue weighted by Crippen LogP contribution is -2.11. The summed E-state index contributed by atoms with van der Waals surface area (Å²) in [6, 6.07) is 6.66. The second kappa shape index (κ2) is 4.45. The molecule has 14 heavy (non-hydrogen) atoms. The molecule has 2 unspecified atom stereocenters. The molecule has 0 aliphatic rings. The van der Waals surface area contributed by atoms with Gasteiger partial charge < -0.3 is 10.6 Å². The quantitative estimate of drug-likeness (QED) is 0.789. The molecule has 1 aromatic rings. The van der Waals surface area contributed by atoms with Crippen LogP contribution in [0.1, 0.15) is 18.3 Å². The van der Waals surface area contributed by atoms with E-state index in [2.05, 4.69) is 0 Å². The smallest absolute Gasteiger partial charge is 0.220 e. The zero-order valence-electron chi connectivity index (χ0n) is 7.85. The Morgan fingerprint density at radius 3 is 2.43 bits per heavy atom. The van der Waals surface area contributed by atoms with Crippen LogP contribution in [-0.4, -0.2) is 11.1 Å². The summed E-state index contributed by atoms with van der Waals surface area (Å²) in [4.78, 5) is 9.51. The fourth-order valence-corrected chi connectivity index (χ4v) is 2.25. The van der Waals surface area contributed by atoms with Gasteiger partial charge in [0.1, 0.15) is 5.78 Å². The molecule has 0 bridgehead atoms. The summed E-state index contributed by atoms with van der Waals surface area (Å²) in [7, 11) is -3.27. The molecule has 0 radical (unpaired) electrons. The van der Waals surface area contributed by atoms with Crippen molar-refractivity contribution in [2.45, 2.75) is 12.7 Å². The van der Waals surface area contributed by atoms with Crippen LogP contribution in [0.2, 0.25) is 5.02 Å². The summed E-state index contributed by atoms with van der Waals surface area (Å²) in [5.41, 5.74) is 6.32. The zero-order valence-corrected chi connectivity index (χ0v) is 9.50. The summed E-state index contributed by atoms with van der Waals surface area (Å²) in [6.07, 6.45) is 0.177. The van der Waals surface area contributed by atoms with Crippen LogP contribution in [0.3, 0.4) is 0 Å². The number of hydrogen-bond acceptors (Lipinski definition) is 2. The van der Waals surface area contributed by atoms with E-state index >= 15 is 0 Å². The van der Waals surface area contributed by atoms with Gasteiger partial charge in [-0.25, -0.2) is 0 Å². The fraction of sp³-hybridized carbons (Fsp3) is 0.333. The minimum absolute atomic E-state index is 0.177. The molecule has 0 fully saturated rings. The lowest BCUT2D eigenvalue weighted by atomic mass is 10.2. The Labute approximate surface area is 88.3 Å². The highest BCUT2D eigenvalue weighted by atomic mass is 35.5. The maximum absolute atomic E-state index is 11.6. The third-order valence-electron chi connectivity index (χ3n) is 2.10. The molecule has 2 atom stereocenters. The number of halogens is 1. The molecule has 0 aromatic heterocycles. The normalized spacial score (nSPS) is 17.4. The molecule has 3 N–H and O–H groups in total. The molecule has 1 aromatic carbocycles. The van der Waals surface area contributed by atoms with E-state index in [0.29, 0.717) is 10.6 Å². The fourth-order valence-electron chi connectivity index (χ4n) is 1.09. The van der Waals surface area contributed by atoms with Gasteiger partial charge in [-0.3, -0.25) is 4.57 Å². The average Bonchev–Trinajstić information content (AvgIpc) is 2.18. The van der Waals surface area contributed by atoms with Gasteiger partial charge in [0.25, 0.3) is 0 Å². The summed E-state index contributed by atoms with van der Waals surface area (Å²) < 4.78 is 11.6. The van der Waals surface area contributed by atoms with Crippen molar-refractivity contribution in [3.63, 3.8) is 0 Å². The SMILES string of the molecule is CCP(=O)(O)C(N)c1ccc(Cl)cc1. The van der Waals surface area contributed by atoms with Crippen LogP contribution >= 0.6 is 19.0 Å². The summed E-state index contributed by atoms with van der Waals surface area (Å²) in [5, 5.41) is 0.588. The number of benzene rings is 1. The van der Waals surface area contributed by atoms with Gasteiger partial charge in [0.15, 0.2) is 0 Å². The van der Waals surface area contributed by atoms with Crippen LogP contribution < -0.4 is 5.73 Å². The van der Waals surface area contributed by atoms with Gasteiger partial charge in [0.05, 0.1) is 0 Å². The molecule has 0 saturated heterocycles. The Morgan fingerprint density at radius 2 is 2.00 bits per heavy atom. The van der Waals surface area contributed by atoms with E-state index in [1.165, 1.54) is 0 Å². The first-order valence-corrected chi connectivity index (χ1v) is 6.59. The Balaban J connectivity index is 2.95. The van der Waals surface area contributed by atoms with Gasteiger partial charge >= 0.3 is 0 Å². The molecule has 3 nitrogen and oxygen atoms in total. The second-order valence-corrected chi connectivity index (χ2v) is 6.20. The Hall–Kier alpha value is -0.340. The van der Waals surface area contributed by atoms with Gasteiger partial charge in [0, 0.05) is 11.2 Å². The van der Waals surface area contributed by atoms with Crippen LogP contribution in [0.5, 0.6) is 0 Å². The highest BCUT2D eigenvalue weighted by Crippen LogP contribution is 2.51. The Bertz CT molecular complexity index is 352. The summed E-state index contributed by atoms with van der Waals surface area (Å²) in [5.74, 6) is -0.815. The van der Waals surface area contributed by atoms with Crippen molar-refractivity contribution in [3.05, 3.63) is 34.9 Å². The average molecular weight is 234 g/mol. The third-order valence-corrected chi connectivity index (χ3v) is 4.42. The van der Waals surface area contributed by atoms with E-state index in [9.17, 15) is 9.46 Å². The van der Waals surface area contributed by atoms with Gasteiger partial charge in [-0.15, -0.1) is 0 Å². The molecule has 1 rings (SSSR count). The minimum Gasteiger partial charge on any atom is -0.343 e.